The summed E-state index contributed by atoms with van der Waals surface area (Å²) in [6, 6.07) is 4.69. The Hall–Kier alpha value is -0.980. The molecule has 1 heteroatoms. The van der Waals surface area contributed by atoms with E-state index in [2.05, 4.69) is 38.2 Å². The first-order valence-corrected chi connectivity index (χ1v) is 6.05. The molecule has 1 nitrogen and oxygen atoms in total. The number of fused-ring (bicyclic) bond motifs is 3. The Kier molecular flexibility index (Phi) is 1.86. The normalized spacial score (nSPS) is 26.9. The third kappa shape index (κ3) is 1.29. The fraction of sp³-hybridized carbons (Fsp3) is 0.571. The third-order valence-corrected chi connectivity index (χ3v) is 4.02. The predicted octanol–water partition coefficient (Wildman–Crippen LogP) is 3.65. The molecule has 1 aliphatic carbocycles. The van der Waals surface area contributed by atoms with Crippen LogP contribution < -0.4 is 5.32 Å². The van der Waals surface area contributed by atoms with Crippen LogP contribution in [0.3, 0.4) is 0 Å². The largest absolute Gasteiger partial charge is 0.384 e. The second kappa shape index (κ2) is 3.01. The lowest BCUT2D eigenvalue weighted by atomic mass is 9.91. The first kappa shape index (κ1) is 9.26. The summed E-state index contributed by atoms with van der Waals surface area (Å²) < 4.78 is 0. The number of rotatable bonds is 1. The van der Waals surface area contributed by atoms with Crippen LogP contribution in [0.4, 0.5) is 5.69 Å². The second-order valence-corrected chi connectivity index (χ2v) is 5.38. The molecule has 1 N–H and O–H groups in total. The van der Waals surface area contributed by atoms with Crippen molar-refractivity contribution in [3.05, 3.63) is 28.8 Å². The molecule has 3 rings (SSSR count). The summed E-state index contributed by atoms with van der Waals surface area (Å²) in [4.78, 5) is 0. The lowest BCUT2D eigenvalue weighted by Crippen LogP contribution is -2.14. The minimum atomic E-state index is 0.633. The summed E-state index contributed by atoms with van der Waals surface area (Å²) in [6.45, 7) is 8.01. The van der Waals surface area contributed by atoms with Gasteiger partial charge in [-0.2, -0.15) is 0 Å². The van der Waals surface area contributed by atoms with Crippen LogP contribution in [0.5, 0.6) is 0 Å². The van der Waals surface area contributed by atoms with Crippen LogP contribution >= 0.6 is 0 Å². The van der Waals surface area contributed by atoms with Gasteiger partial charge in [0.1, 0.15) is 0 Å². The summed E-state index contributed by atoms with van der Waals surface area (Å²) in [5.41, 5.74) is 6.00. The van der Waals surface area contributed by atoms with Crippen LogP contribution in [-0.2, 0) is 0 Å². The average Bonchev–Trinajstić information content (AvgIpc) is 2.96. The molecule has 2 atom stereocenters. The van der Waals surface area contributed by atoms with Gasteiger partial charge >= 0.3 is 0 Å². The molecule has 2 unspecified atom stereocenters. The molecule has 1 aromatic rings. The van der Waals surface area contributed by atoms with Crippen molar-refractivity contribution in [2.45, 2.75) is 39.0 Å². The molecule has 0 bridgehead atoms. The zero-order valence-corrected chi connectivity index (χ0v) is 9.80. The first-order chi connectivity index (χ1) is 7.18. The predicted molar refractivity (Wildman–Crippen MR) is 64.6 cm³/mol. The summed E-state index contributed by atoms with van der Waals surface area (Å²) in [5, 5.41) is 3.62. The fourth-order valence-electron chi connectivity index (χ4n) is 3.01. The second-order valence-electron chi connectivity index (χ2n) is 5.38. The minimum Gasteiger partial charge on any atom is -0.384 e. The van der Waals surface area contributed by atoms with Gasteiger partial charge in [0.05, 0.1) is 0 Å². The van der Waals surface area contributed by atoms with Crippen molar-refractivity contribution in [3.8, 4) is 0 Å². The standard InChI is InChI=1S/C14H19N/c1-8(2)11-4-5-12-13-6-10(13)7-15-14(12)9(11)3/h4-5,8,10,13,15H,6-7H2,1-3H3. The van der Waals surface area contributed by atoms with Gasteiger partial charge in [0, 0.05) is 12.2 Å². The number of hydrogen-bond acceptors (Lipinski definition) is 1. The Balaban J connectivity index is 2.11. The highest BCUT2D eigenvalue weighted by molar-refractivity contribution is 5.65. The minimum absolute atomic E-state index is 0.633. The van der Waals surface area contributed by atoms with Crippen molar-refractivity contribution >= 4 is 5.69 Å². The molecule has 2 aliphatic rings. The Morgan fingerprint density at radius 3 is 2.87 bits per heavy atom. The highest BCUT2D eigenvalue weighted by Gasteiger charge is 2.42. The quantitative estimate of drug-likeness (QED) is 0.731. The van der Waals surface area contributed by atoms with Crippen LogP contribution in [0.2, 0.25) is 0 Å². The molecular formula is C14H19N. The Morgan fingerprint density at radius 1 is 1.33 bits per heavy atom. The van der Waals surface area contributed by atoms with Gasteiger partial charge in [0.15, 0.2) is 0 Å². The van der Waals surface area contributed by atoms with Gasteiger partial charge < -0.3 is 5.32 Å². The fourth-order valence-corrected chi connectivity index (χ4v) is 3.01. The number of hydrogen-bond donors (Lipinski definition) is 1. The highest BCUT2D eigenvalue weighted by Crippen LogP contribution is 2.53. The van der Waals surface area contributed by atoms with Gasteiger partial charge in [0.2, 0.25) is 0 Å². The summed E-state index contributed by atoms with van der Waals surface area (Å²) in [7, 11) is 0. The van der Waals surface area contributed by atoms with Gasteiger partial charge in [-0.15, -0.1) is 0 Å². The van der Waals surface area contributed by atoms with E-state index in [1.165, 1.54) is 29.8 Å². The number of nitrogens with one attached hydrogen (secondary N) is 1. The third-order valence-electron chi connectivity index (χ3n) is 4.02. The van der Waals surface area contributed by atoms with Crippen LogP contribution in [0, 0.1) is 12.8 Å². The molecule has 1 heterocycles. The summed E-state index contributed by atoms with van der Waals surface area (Å²) in [6.07, 6.45) is 1.40. The molecule has 0 amide bonds. The SMILES string of the molecule is Cc1c(C(C)C)ccc2c1NCC1CC21. The maximum Gasteiger partial charge on any atom is 0.0408 e. The molecule has 1 saturated carbocycles. The van der Waals surface area contributed by atoms with E-state index in [0.29, 0.717) is 5.92 Å². The molecule has 0 saturated heterocycles. The van der Waals surface area contributed by atoms with E-state index in [-0.39, 0.29) is 0 Å². The Labute approximate surface area is 91.9 Å². The van der Waals surface area contributed by atoms with E-state index >= 15 is 0 Å². The summed E-state index contributed by atoms with van der Waals surface area (Å²) >= 11 is 0. The molecule has 1 aliphatic heterocycles. The van der Waals surface area contributed by atoms with Gasteiger partial charge in [-0.1, -0.05) is 26.0 Å². The Morgan fingerprint density at radius 2 is 2.13 bits per heavy atom. The van der Waals surface area contributed by atoms with Gasteiger partial charge in [-0.05, 0) is 47.8 Å². The average molecular weight is 201 g/mol. The van der Waals surface area contributed by atoms with E-state index in [1.54, 1.807) is 5.56 Å². The number of anilines is 1. The van der Waals surface area contributed by atoms with Crippen LogP contribution in [0.15, 0.2) is 12.1 Å². The van der Waals surface area contributed by atoms with Crippen LogP contribution in [0.25, 0.3) is 0 Å². The smallest absolute Gasteiger partial charge is 0.0408 e. The lowest BCUT2D eigenvalue weighted by Gasteiger charge is -2.23. The van der Waals surface area contributed by atoms with Crippen LogP contribution in [0.1, 0.15) is 48.8 Å². The first-order valence-electron chi connectivity index (χ1n) is 6.05. The van der Waals surface area contributed by atoms with Crippen molar-refractivity contribution in [1.29, 1.82) is 0 Å². The van der Waals surface area contributed by atoms with E-state index in [1.807, 2.05) is 0 Å². The van der Waals surface area contributed by atoms with E-state index in [9.17, 15) is 0 Å². The molecule has 15 heavy (non-hydrogen) atoms. The van der Waals surface area contributed by atoms with Gasteiger partial charge in [0.25, 0.3) is 0 Å². The zero-order chi connectivity index (χ0) is 10.6. The molecule has 80 valence electrons. The van der Waals surface area contributed by atoms with Crippen molar-refractivity contribution in [2.24, 2.45) is 5.92 Å². The van der Waals surface area contributed by atoms with Crippen molar-refractivity contribution in [1.82, 2.24) is 0 Å². The lowest BCUT2D eigenvalue weighted by molar-refractivity contribution is 0.804. The Bertz CT molecular complexity index is 406. The van der Waals surface area contributed by atoms with Gasteiger partial charge in [-0.25, -0.2) is 0 Å². The van der Waals surface area contributed by atoms with Gasteiger partial charge in [-0.3, -0.25) is 0 Å². The topological polar surface area (TPSA) is 12.0 Å². The molecule has 0 radical (unpaired) electrons. The highest BCUT2D eigenvalue weighted by atomic mass is 14.9. The molecule has 1 fully saturated rings. The van der Waals surface area contributed by atoms with Crippen molar-refractivity contribution in [2.75, 3.05) is 11.9 Å². The van der Waals surface area contributed by atoms with E-state index in [0.717, 1.165) is 11.8 Å². The van der Waals surface area contributed by atoms with E-state index < -0.39 is 0 Å². The number of benzene rings is 1. The zero-order valence-electron chi connectivity index (χ0n) is 9.80. The van der Waals surface area contributed by atoms with Crippen molar-refractivity contribution < 1.29 is 0 Å². The summed E-state index contributed by atoms with van der Waals surface area (Å²) in [5.74, 6) is 2.44. The molecule has 0 spiro atoms. The van der Waals surface area contributed by atoms with E-state index in [4.69, 9.17) is 0 Å². The maximum atomic E-state index is 3.62. The van der Waals surface area contributed by atoms with Crippen LogP contribution in [-0.4, -0.2) is 6.54 Å². The maximum absolute atomic E-state index is 3.62. The molecule has 0 aromatic heterocycles. The van der Waals surface area contributed by atoms with Crippen molar-refractivity contribution in [3.63, 3.8) is 0 Å². The molecule has 1 aromatic carbocycles. The molecular weight excluding hydrogens is 182 g/mol. The monoisotopic (exact) mass is 201 g/mol.